The number of nitrogens with zero attached hydrogens (tertiary/aromatic N) is 3. The number of Topliss-reactive ketones (excluding diaryl/α,β-unsaturated/α-hetero) is 1. The van der Waals surface area contributed by atoms with Gasteiger partial charge < -0.3 is 39.8 Å². The van der Waals surface area contributed by atoms with Crippen molar-refractivity contribution in [2.45, 2.75) is 106 Å². The highest BCUT2D eigenvalue weighted by atomic mass is 32.3. The minimum atomic E-state index is -4.67. The highest BCUT2D eigenvalue weighted by Crippen LogP contribution is 2.68. The van der Waals surface area contributed by atoms with E-state index in [2.05, 4.69) is 20.9 Å². The summed E-state index contributed by atoms with van der Waals surface area (Å²) in [7, 11) is -1.61. The van der Waals surface area contributed by atoms with Crippen LogP contribution in [-0.2, 0) is 58.1 Å². The summed E-state index contributed by atoms with van der Waals surface area (Å²) in [5.74, 6) is -2.10. The van der Waals surface area contributed by atoms with Crippen LogP contribution in [0, 0.1) is 11.3 Å². The van der Waals surface area contributed by atoms with Gasteiger partial charge in [-0.25, -0.2) is 4.79 Å². The highest BCUT2D eigenvalue weighted by molar-refractivity contribution is 7.79. The molecule has 10 atom stereocenters. The number of anilines is 1. The van der Waals surface area contributed by atoms with Crippen LogP contribution >= 0.6 is 0 Å². The van der Waals surface area contributed by atoms with Gasteiger partial charge in [0.1, 0.15) is 6.61 Å². The van der Waals surface area contributed by atoms with Crippen molar-refractivity contribution in [1.29, 1.82) is 0 Å². The Kier molecular flexibility index (Phi) is 11.8. The molecule has 1 saturated carbocycles. The normalized spacial score (nSPS) is 35.1. The number of likely N-dealkylation sites (N-methyl/N-ethyl adjacent to an activating group) is 1. The fourth-order valence-corrected chi connectivity index (χ4v) is 13.7. The molecule has 18 heteroatoms. The Balaban J connectivity index is 0.00000106. The second-order valence-corrected chi connectivity index (χ2v) is 19.8. The Labute approximate surface area is 372 Å². The van der Waals surface area contributed by atoms with Crippen LogP contribution in [0.5, 0.6) is 0 Å². The Bertz CT molecular complexity index is 2500. The molecule has 17 nitrogen and oxygen atoms in total. The van der Waals surface area contributed by atoms with Crippen LogP contribution in [0.25, 0.3) is 10.9 Å². The molecule has 2 bridgehead atoms. The maximum absolute atomic E-state index is 15.3. The lowest BCUT2D eigenvalue weighted by Gasteiger charge is -2.63. The van der Waals surface area contributed by atoms with E-state index in [0.29, 0.717) is 87.3 Å². The van der Waals surface area contributed by atoms with Crippen molar-refractivity contribution in [3.63, 3.8) is 0 Å². The summed E-state index contributed by atoms with van der Waals surface area (Å²) in [4.78, 5) is 52.9. The van der Waals surface area contributed by atoms with Crippen LogP contribution in [-0.4, -0.2) is 153 Å². The maximum atomic E-state index is 15.3. The van der Waals surface area contributed by atoms with Gasteiger partial charge in [0.25, 0.3) is 0 Å². The summed E-state index contributed by atoms with van der Waals surface area (Å²) in [5.41, 5.74) is -1.71. The van der Waals surface area contributed by atoms with Gasteiger partial charge in [0.2, 0.25) is 5.60 Å². The monoisotopic (exact) mass is 908 g/mol. The lowest BCUT2D eigenvalue weighted by Crippen LogP contribution is -2.81. The maximum Gasteiger partial charge on any atom is 0.394 e. The number of aromatic amines is 1. The molecule has 1 aliphatic carbocycles. The first-order valence-corrected chi connectivity index (χ1v) is 23.4. The lowest BCUT2D eigenvalue weighted by atomic mass is 9.47. The molecule has 1 unspecified atom stereocenters. The van der Waals surface area contributed by atoms with Gasteiger partial charge in [-0.2, -0.15) is 8.42 Å². The molecule has 2 aromatic carbocycles. The van der Waals surface area contributed by atoms with E-state index in [1.165, 1.54) is 14.0 Å². The number of piperidine rings is 1. The van der Waals surface area contributed by atoms with Crippen molar-refractivity contribution < 1.29 is 61.8 Å². The molecule has 0 amide bonds. The zero-order chi connectivity index (χ0) is 46.4. The van der Waals surface area contributed by atoms with Gasteiger partial charge in [-0.05, 0) is 85.4 Å². The topological polar surface area (TPSA) is 251 Å². The lowest BCUT2D eigenvalue weighted by molar-refractivity contribution is -0.228. The number of ether oxygens (including phenoxy) is 2. The van der Waals surface area contributed by atoms with Gasteiger partial charge >= 0.3 is 22.3 Å². The molecule has 2 saturated heterocycles. The van der Waals surface area contributed by atoms with Crippen molar-refractivity contribution in [1.82, 2.24) is 14.8 Å². The molecule has 348 valence electrons. The number of rotatable bonds is 8. The number of hydrogen-bond acceptors (Lipinski definition) is 14. The van der Waals surface area contributed by atoms with Crippen molar-refractivity contribution in [2.75, 3.05) is 58.4 Å². The van der Waals surface area contributed by atoms with E-state index in [1.807, 2.05) is 68.3 Å². The number of benzene rings is 2. The third-order valence-corrected chi connectivity index (χ3v) is 15.8. The quantitative estimate of drug-likeness (QED) is 0.0973. The van der Waals surface area contributed by atoms with Gasteiger partial charge in [0.15, 0.2) is 11.9 Å². The van der Waals surface area contributed by atoms with Crippen molar-refractivity contribution in [3.8, 4) is 0 Å². The molecule has 0 radical (unpaired) electrons. The van der Waals surface area contributed by atoms with E-state index in [0.717, 1.165) is 22.0 Å². The number of methoxy groups -OCH3 is 1. The van der Waals surface area contributed by atoms with Crippen LogP contribution < -0.4 is 4.90 Å². The van der Waals surface area contributed by atoms with E-state index >= 15 is 4.79 Å². The molecule has 3 aromatic rings. The number of carbonyl (C=O) groups excluding carboxylic acids is 3. The Morgan fingerprint density at radius 1 is 0.984 bits per heavy atom. The number of carbonyl (C=O) groups is 3. The molecule has 7 N–H and O–H groups in total. The molecule has 1 spiro atoms. The van der Waals surface area contributed by atoms with E-state index in [4.69, 9.17) is 27.0 Å². The minimum Gasteiger partial charge on any atom is -0.467 e. The standard InChI is InChI=1S/C46H58N4O9.H2O4S/c1-6-42(56)21-28-22-45(36(54)25-52,37-31(13-17-49(23-28)26-42)30-11-8-9-12-34(30)47-37)32-20-33-35(19-29(32)24-51)48(4)39-44(33)15-18-50-16-10-14-43(7-2,38(44)50)40(59-27(3)53)46(39,57)41(55)58-5;1-5(2,3)4/h8-12,14,19-20,28,38-40,47,51-52,56-57H,6-7,13,15-18,21-26H2,1-5H3;(H2,1,2,3,4)/t28-,38+,39-,40-,42+,43-,44-,45-,46+;/m1./s1. The van der Waals surface area contributed by atoms with Gasteiger partial charge in [0, 0.05) is 79.3 Å². The van der Waals surface area contributed by atoms with Crippen molar-refractivity contribution >= 4 is 44.7 Å². The average Bonchev–Trinajstić information content (AvgIpc) is 3.92. The molecule has 64 heavy (non-hydrogen) atoms. The Morgan fingerprint density at radius 3 is 2.34 bits per heavy atom. The molecule has 9 rings (SSSR count). The van der Waals surface area contributed by atoms with E-state index in [1.54, 1.807) is 0 Å². The predicted molar refractivity (Wildman–Crippen MR) is 234 cm³/mol. The first kappa shape index (κ1) is 46.3. The third-order valence-electron chi connectivity index (χ3n) is 15.8. The van der Waals surface area contributed by atoms with Crippen LogP contribution in [0.4, 0.5) is 5.69 Å². The summed E-state index contributed by atoms with van der Waals surface area (Å²) in [5, 5.41) is 48.9. The smallest absolute Gasteiger partial charge is 0.394 e. The number of nitrogens with one attached hydrogen (secondary N) is 1. The number of para-hydroxylation sites is 1. The fraction of sp³-hybridized carbons (Fsp3) is 0.587. The number of hydrogen-bond donors (Lipinski definition) is 7. The van der Waals surface area contributed by atoms with Gasteiger partial charge in [-0.3, -0.25) is 28.5 Å². The minimum absolute atomic E-state index is 0.156. The third kappa shape index (κ3) is 6.77. The van der Waals surface area contributed by atoms with Gasteiger partial charge in [-0.15, -0.1) is 0 Å². The average molecular weight is 909 g/mol. The highest BCUT2D eigenvalue weighted by Gasteiger charge is 2.80. The van der Waals surface area contributed by atoms with Crippen LogP contribution in [0.15, 0.2) is 48.6 Å². The molecule has 5 aliphatic heterocycles. The number of esters is 2. The summed E-state index contributed by atoms with van der Waals surface area (Å²) in [6.07, 6.45) is 5.60. The molecular formula is C46H60N4O13S. The van der Waals surface area contributed by atoms with Gasteiger partial charge in [0.05, 0.1) is 30.8 Å². The summed E-state index contributed by atoms with van der Waals surface area (Å²) in [6, 6.07) is 10.6. The SMILES string of the molecule is CC[C@]1(O)C[C@H]2CN(CCc3c([nH]c4ccccc34)[C@@](C(=O)CO)(c3cc4c(cc3CO)N(C)[C@H]3[C@@](O)(C(=O)OC)[C@H](OC(C)=O)[C@]5(CC)C=CCN6CC[C@]43[C@@H]65)C2)C1.O=S(=O)(O)O. The van der Waals surface area contributed by atoms with Crippen LogP contribution in [0.1, 0.15) is 80.8 Å². The van der Waals surface area contributed by atoms with Crippen LogP contribution in [0.3, 0.4) is 0 Å². The number of ketones is 1. The van der Waals surface area contributed by atoms with E-state index < -0.39 is 80.9 Å². The van der Waals surface area contributed by atoms with Crippen LogP contribution in [0.2, 0.25) is 0 Å². The van der Waals surface area contributed by atoms with Gasteiger partial charge in [-0.1, -0.05) is 50.3 Å². The molecule has 1 aromatic heterocycles. The molecule has 6 heterocycles. The number of fused-ring (bicyclic) bond motifs is 6. The number of aromatic nitrogens is 1. The Hall–Kier alpha value is -4.24. The molecule has 3 fully saturated rings. The Morgan fingerprint density at radius 2 is 1.70 bits per heavy atom. The van der Waals surface area contributed by atoms with Crippen molar-refractivity contribution in [3.05, 3.63) is 76.5 Å². The fourth-order valence-electron chi connectivity index (χ4n) is 13.7. The summed E-state index contributed by atoms with van der Waals surface area (Å²) < 4.78 is 43.2. The number of aliphatic hydroxyl groups excluding tert-OH is 2. The zero-order valence-corrected chi connectivity index (χ0v) is 37.7. The number of H-pyrrole nitrogens is 1. The summed E-state index contributed by atoms with van der Waals surface area (Å²) >= 11 is 0. The largest absolute Gasteiger partial charge is 0.467 e. The second kappa shape index (κ2) is 16.3. The summed E-state index contributed by atoms with van der Waals surface area (Å²) in [6.45, 7) is 7.17. The first-order valence-electron chi connectivity index (χ1n) is 22.0. The van der Waals surface area contributed by atoms with E-state index in [9.17, 15) is 30.0 Å². The molecular weight excluding hydrogens is 849 g/mol. The van der Waals surface area contributed by atoms with E-state index in [-0.39, 0.29) is 18.4 Å². The number of aliphatic hydroxyl groups is 4. The second-order valence-electron chi connectivity index (χ2n) is 18.9. The van der Waals surface area contributed by atoms with Crippen molar-refractivity contribution in [2.24, 2.45) is 11.3 Å². The molecule has 6 aliphatic rings. The predicted octanol–water partition coefficient (Wildman–Crippen LogP) is 2.21. The zero-order valence-electron chi connectivity index (χ0n) is 36.9. The first-order chi connectivity index (χ1) is 30.2.